The summed E-state index contributed by atoms with van der Waals surface area (Å²) >= 11 is 7.08. The van der Waals surface area contributed by atoms with E-state index < -0.39 is 0 Å². The van der Waals surface area contributed by atoms with E-state index in [1.807, 2.05) is 0 Å². The third-order valence-corrected chi connectivity index (χ3v) is 4.47. The topological polar surface area (TPSA) is 26.0 Å². The van der Waals surface area contributed by atoms with Crippen molar-refractivity contribution in [1.82, 2.24) is 0 Å². The van der Waals surface area contributed by atoms with Crippen molar-refractivity contribution in [3.05, 3.63) is 57.0 Å². The molecule has 0 radical (unpaired) electrons. The molecular weight excluding hydrogens is 366 g/mol. The second kappa shape index (κ2) is 6.69. The molecule has 100 valence electrons. The molecule has 0 saturated carbocycles. The smallest absolute Gasteiger partial charge is 0.0264 e. The molecule has 0 aliphatic rings. The van der Waals surface area contributed by atoms with Crippen LogP contribution in [0, 0.1) is 0 Å². The number of nitrogens with two attached hydrogens (primary N) is 1. The second-order valence-corrected chi connectivity index (χ2v) is 6.49. The van der Waals surface area contributed by atoms with Crippen molar-refractivity contribution in [2.45, 2.75) is 19.3 Å². The van der Waals surface area contributed by atoms with Crippen LogP contribution in [0.25, 0.3) is 11.1 Å². The van der Waals surface area contributed by atoms with Crippen LogP contribution in [0.1, 0.15) is 24.8 Å². The lowest BCUT2D eigenvalue weighted by molar-refractivity contribution is 0.690. The van der Waals surface area contributed by atoms with E-state index in [2.05, 4.69) is 81.2 Å². The monoisotopic (exact) mass is 381 g/mol. The van der Waals surface area contributed by atoms with Gasteiger partial charge in [-0.25, -0.2) is 0 Å². The fourth-order valence-electron chi connectivity index (χ4n) is 2.13. The van der Waals surface area contributed by atoms with Gasteiger partial charge in [0.1, 0.15) is 0 Å². The first-order chi connectivity index (χ1) is 9.11. The van der Waals surface area contributed by atoms with Crippen LogP contribution in [0.15, 0.2) is 51.4 Å². The molecule has 0 amide bonds. The number of hydrogen-bond donors (Lipinski definition) is 1. The summed E-state index contributed by atoms with van der Waals surface area (Å²) < 4.78 is 2.18. The Bertz CT molecular complexity index is 549. The number of hydrogen-bond acceptors (Lipinski definition) is 1. The van der Waals surface area contributed by atoms with Gasteiger partial charge in [0.2, 0.25) is 0 Å². The molecule has 0 spiro atoms. The largest absolute Gasteiger partial charge is 0.330 e. The lowest BCUT2D eigenvalue weighted by atomic mass is 9.95. The first-order valence-electron chi connectivity index (χ1n) is 6.37. The van der Waals surface area contributed by atoms with E-state index in [-0.39, 0.29) is 0 Å². The predicted molar refractivity (Wildman–Crippen MR) is 89.4 cm³/mol. The summed E-state index contributed by atoms with van der Waals surface area (Å²) in [7, 11) is 0. The Labute approximate surface area is 131 Å². The van der Waals surface area contributed by atoms with Gasteiger partial charge < -0.3 is 5.73 Å². The molecule has 2 N–H and O–H groups in total. The van der Waals surface area contributed by atoms with Crippen LogP contribution in [0.4, 0.5) is 0 Å². The van der Waals surface area contributed by atoms with E-state index in [9.17, 15) is 0 Å². The molecule has 0 fully saturated rings. The zero-order valence-electron chi connectivity index (χ0n) is 10.9. The average molecular weight is 383 g/mol. The summed E-state index contributed by atoms with van der Waals surface area (Å²) in [6.07, 6.45) is 1.03. The molecule has 2 rings (SSSR count). The third kappa shape index (κ3) is 3.68. The van der Waals surface area contributed by atoms with Gasteiger partial charge in [-0.15, -0.1) is 0 Å². The highest BCUT2D eigenvalue weighted by Gasteiger charge is 2.07. The summed E-state index contributed by atoms with van der Waals surface area (Å²) in [4.78, 5) is 0. The zero-order valence-corrected chi connectivity index (χ0v) is 14.0. The Hall–Kier alpha value is -0.640. The standard InChI is InChI=1S/C16H17Br2N/c1-11(8-9-19)12-2-4-13(5-3-12)15-7-6-14(17)10-16(15)18/h2-7,10-11H,8-9,19H2,1H3. The minimum atomic E-state index is 0.521. The summed E-state index contributed by atoms with van der Waals surface area (Å²) in [5.74, 6) is 0.521. The summed E-state index contributed by atoms with van der Waals surface area (Å²) in [6.45, 7) is 2.96. The summed E-state index contributed by atoms with van der Waals surface area (Å²) in [5, 5.41) is 0. The Morgan fingerprint density at radius 2 is 1.74 bits per heavy atom. The SMILES string of the molecule is CC(CCN)c1ccc(-c2ccc(Br)cc2Br)cc1. The molecule has 0 aliphatic heterocycles. The van der Waals surface area contributed by atoms with Crippen molar-refractivity contribution in [3.63, 3.8) is 0 Å². The van der Waals surface area contributed by atoms with Crippen LogP contribution in [-0.4, -0.2) is 6.54 Å². The average Bonchev–Trinajstić information content (AvgIpc) is 2.39. The molecule has 19 heavy (non-hydrogen) atoms. The van der Waals surface area contributed by atoms with Crippen molar-refractivity contribution in [3.8, 4) is 11.1 Å². The molecule has 0 aromatic heterocycles. The molecule has 0 heterocycles. The van der Waals surface area contributed by atoms with Crippen LogP contribution in [0.5, 0.6) is 0 Å². The normalized spacial score (nSPS) is 12.4. The maximum atomic E-state index is 5.61. The molecule has 0 saturated heterocycles. The van der Waals surface area contributed by atoms with Crippen LogP contribution in [0.2, 0.25) is 0 Å². The van der Waals surface area contributed by atoms with Crippen molar-refractivity contribution in [1.29, 1.82) is 0 Å². The van der Waals surface area contributed by atoms with Gasteiger partial charge in [-0.05, 0) is 47.7 Å². The van der Waals surface area contributed by atoms with Gasteiger partial charge >= 0.3 is 0 Å². The van der Waals surface area contributed by atoms with Crippen molar-refractivity contribution in [2.24, 2.45) is 5.73 Å². The third-order valence-electron chi connectivity index (χ3n) is 3.32. The Kier molecular flexibility index (Phi) is 5.20. The second-order valence-electron chi connectivity index (χ2n) is 4.72. The van der Waals surface area contributed by atoms with Gasteiger partial charge in [0.25, 0.3) is 0 Å². The van der Waals surface area contributed by atoms with E-state index >= 15 is 0 Å². The Balaban J connectivity index is 2.27. The number of benzene rings is 2. The van der Waals surface area contributed by atoms with Crippen molar-refractivity contribution < 1.29 is 0 Å². The van der Waals surface area contributed by atoms with E-state index in [1.165, 1.54) is 16.7 Å². The van der Waals surface area contributed by atoms with Crippen LogP contribution >= 0.6 is 31.9 Å². The van der Waals surface area contributed by atoms with E-state index in [4.69, 9.17) is 5.73 Å². The number of rotatable bonds is 4. The number of halogens is 2. The molecule has 1 unspecified atom stereocenters. The van der Waals surface area contributed by atoms with Gasteiger partial charge in [-0.1, -0.05) is 69.1 Å². The maximum absolute atomic E-state index is 5.61. The minimum absolute atomic E-state index is 0.521. The van der Waals surface area contributed by atoms with Crippen LogP contribution in [0.3, 0.4) is 0 Å². The molecule has 2 aromatic rings. The molecule has 3 heteroatoms. The molecule has 2 aromatic carbocycles. The lowest BCUT2D eigenvalue weighted by Gasteiger charge is -2.12. The fraction of sp³-hybridized carbons (Fsp3) is 0.250. The van der Waals surface area contributed by atoms with Crippen LogP contribution in [-0.2, 0) is 0 Å². The maximum Gasteiger partial charge on any atom is 0.0264 e. The Morgan fingerprint density at radius 1 is 1.05 bits per heavy atom. The molecule has 0 aliphatic carbocycles. The van der Waals surface area contributed by atoms with Gasteiger partial charge in [0, 0.05) is 8.95 Å². The highest BCUT2D eigenvalue weighted by Crippen LogP contribution is 2.31. The van der Waals surface area contributed by atoms with Gasteiger partial charge in [0.05, 0.1) is 0 Å². The van der Waals surface area contributed by atoms with Gasteiger partial charge in [-0.3, -0.25) is 0 Å². The fourth-order valence-corrected chi connectivity index (χ4v) is 3.41. The first-order valence-corrected chi connectivity index (χ1v) is 7.96. The first kappa shape index (κ1) is 14.8. The highest BCUT2D eigenvalue weighted by atomic mass is 79.9. The van der Waals surface area contributed by atoms with E-state index in [0.29, 0.717) is 5.92 Å². The van der Waals surface area contributed by atoms with Crippen molar-refractivity contribution >= 4 is 31.9 Å². The van der Waals surface area contributed by atoms with Crippen LogP contribution < -0.4 is 5.73 Å². The lowest BCUT2D eigenvalue weighted by Crippen LogP contribution is -2.04. The predicted octanol–water partition coefficient (Wildman–Crippen LogP) is 5.33. The quantitative estimate of drug-likeness (QED) is 0.759. The van der Waals surface area contributed by atoms with Gasteiger partial charge in [0.15, 0.2) is 0 Å². The van der Waals surface area contributed by atoms with E-state index in [1.54, 1.807) is 0 Å². The highest BCUT2D eigenvalue weighted by molar-refractivity contribution is 9.11. The summed E-state index contributed by atoms with van der Waals surface area (Å²) in [6, 6.07) is 15.0. The Morgan fingerprint density at radius 3 is 2.32 bits per heavy atom. The van der Waals surface area contributed by atoms with Crippen molar-refractivity contribution in [2.75, 3.05) is 6.54 Å². The molecular formula is C16H17Br2N. The summed E-state index contributed by atoms with van der Waals surface area (Å²) in [5.41, 5.74) is 9.40. The van der Waals surface area contributed by atoms with Gasteiger partial charge in [-0.2, -0.15) is 0 Å². The van der Waals surface area contributed by atoms with E-state index in [0.717, 1.165) is 21.9 Å². The zero-order chi connectivity index (χ0) is 13.8. The molecule has 0 bridgehead atoms. The molecule has 1 nitrogen and oxygen atoms in total. The minimum Gasteiger partial charge on any atom is -0.330 e. The molecule has 1 atom stereocenters.